The lowest BCUT2D eigenvalue weighted by atomic mass is 10.2. The fourth-order valence-electron chi connectivity index (χ4n) is 3.93. The first kappa shape index (κ1) is 21.7. The van der Waals surface area contributed by atoms with Gasteiger partial charge in [-0.05, 0) is 36.4 Å². The topological polar surface area (TPSA) is 84.7 Å². The minimum atomic E-state index is -3.77. The van der Waals surface area contributed by atoms with Crippen LogP contribution < -0.4 is 4.90 Å². The van der Waals surface area contributed by atoms with Crippen LogP contribution in [-0.2, 0) is 14.8 Å². The Hall–Kier alpha value is -2.54. The van der Waals surface area contributed by atoms with Crippen LogP contribution in [0.1, 0.15) is 12.0 Å². The summed E-state index contributed by atoms with van der Waals surface area (Å²) in [6.45, 7) is 2.26. The fraction of sp³-hybridized carbons (Fsp3) is 0.364. The van der Waals surface area contributed by atoms with E-state index in [1.807, 2.05) is 30.0 Å². The van der Waals surface area contributed by atoms with Crippen molar-refractivity contribution in [1.29, 1.82) is 5.26 Å². The van der Waals surface area contributed by atoms with E-state index in [1.54, 1.807) is 17.0 Å². The lowest BCUT2D eigenvalue weighted by molar-refractivity contribution is -0.130. The number of nitrogens with zero attached hydrogens (tertiary/aromatic N) is 4. The van der Waals surface area contributed by atoms with Crippen LogP contribution in [0.5, 0.6) is 0 Å². The number of hydrogen-bond acceptors (Lipinski definition) is 6. The third-order valence-corrected chi connectivity index (χ3v) is 8.68. The summed E-state index contributed by atoms with van der Waals surface area (Å²) in [6.07, 6.45) is 1.01. The van der Waals surface area contributed by atoms with Gasteiger partial charge in [-0.2, -0.15) is 9.57 Å². The number of carbonyl (C=O) groups excluding carboxylic acids is 1. The van der Waals surface area contributed by atoms with E-state index >= 15 is 0 Å². The molecule has 1 amide bonds. The minimum Gasteiger partial charge on any atom is -0.361 e. The molecule has 0 aliphatic carbocycles. The quantitative estimate of drug-likeness (QED) is 0.702. The van der Waals surface area contributed by atoms with Gasteiger partial charge in [0.15, 0.2) is 0 Å². The van der Waals surface area contributed by atoms with E-state index in [2.05, 4.69) is 17.0 Å². The Bertz CT molecular complexity index is 1110. The molecule has 2 aromatic rings. The number of fused-ring (bicyclic) bond motifs is 1. The average molecular weight is 457 g/mol. The number of amides is 1. The zero-order valence-electron chi connectivity index (χ0n) is 17.1. The normalized spacial score (nSPS) is 17.5. The number of benzene rings is 2. The molecule has 2 aliphatic rings. The Balaban J connectivity index is 1.41. The van der Waals surface area contributed by atoms with Crippen LogP contribution in [0, 0.1) is 11.3 Å². The first-order chi connectivity index (χ1) is 15.0. The molecule has 0 saturated carbocycles. The van der Waals surface area contributed by atoms with E-state index in [9.17, 15) is 18.5 Å². The molecule has 0 unspecified atom stereocenters. The Labute approximate surface area is 187 Å². The fourth-order valence-corrected chi connectivity index (χ4v) is 6.50. The molecule has 7 nitrogen and oxygen atoms in total. The maximum Gasteiger partial charge on any atom is 0.244 e. The van der Waals surface area contributed by atoms with Gasteiger partial charge in [0.2, 0.25) is 15.9 Å². The van der Waals surface area contributed by atoms with Crippen LogP contribution in [0.25, 0.3) is 0 Å². The monoisotopic (exact) mass is 456 g/mol. The lowest BCUT2D eigenvalue weighted by Crippen LogP contribution is -2.52. The third kappa shape index (κ3) is 4.56. The maximum absolute atomic E-state index is 13.0. The molecule has 0 radical (unpaired) electrons. The highest BCUT2D eigenvalue weighted by Gasteiger charge is 2.32. The molecule has 2 aliphatic heterocycles. The van der Waals surface area contributed by atoms with Crippen LogP contribution in [0.15, 0.2) is 58.3 Å². The molecule has 9 heteroatoms. The number of piperazine rings is 1. The summed E-state index contributed by atoms with van der Waals surface area (Å²) in [5.74, 6) is 1.04. The number of sulfonamides is 1. The van der Waals surface area contributed by atoms with Gasteiger partial charge in [-0.15, -0.1) is 11.8 Å². The zero-order valence-corrected chi connectivity index (χ0v) is 18.7. The van der Waals surface area contributed by atoms with Crippen molar-refractivity contribution in [3.8, 4) is 6.07 Å². The second kappa shape index (κ2) is 9.30. The van der Waals surface area contributed by atoms with Gasteiger partial charge in [0.05, 0.1) is 22.7 Å². The summed E-state index contributed by atoms with van der Waals surface area (Å²) < 4.78 is 27.4. The van der Waals surface area contributed by atoms with Gasteiger partial charge in [0.1, 0.15) is 6.07 Å². The van der Waals surface area contributed by atoms with Crippen molar-refractivity contribution in [3.63, 3.8) is 0 Å². The molecule has 0 spiro atoms. The molecular formula is C22H24N4O3S2. The molecule has 31 heavy (non-hydrogen) atoms. The molecule has 162 valence electrons. The van der Waals surface area contributed by atoms with E-state index in [0.29, 0.717) is 19.6 Å². The Morgan fingerprint density at radius 1 is 1.00 bits per heavy atom. The second-order valence-electron chi connectivity index (χ2n) is 7.48. The summed E-state index contributed by atoms with van der Waals surface area (Å²) in [5.41, 5.74) is 1.23. The van der Waals surface area contributed by atoms with Gasteiger partial charge in [-0.1, -0.05) is 24.3 Å². The van der Waals surface area contributed by atoms with Crippen LogP contribution in [-0.4, -0.2) is 68.6 Å². The SMILES string of the molecule is N#Cc1ccccc1S(=O)(=O)N1CCN(C(=O)CN2CCCSc3ccccc32)CC1. The highest BCUT2D eigenvalue weighted by atomic mass is 32.2. The van der Waals surface area contributed by atoms with Gasteiger partial charge in [0.25, 0.3) is 0 Å². The van der Waals surface area contributed by atoms with Crippen LogP contribution in [0.3, 0.4) is 0 Å². The molecule has 1 fully saturated rings. The largest absolute Gasteiger partial charge is 0.361 e. The van der Waals surface area contributed by atoms with Crippen molar-refractivity contribution >= 4 is 33.4 Å². The number of hydrogen-bond donors (Lipinski definition) is 0. The molecule has 0 N–H and O–H groups in total. The van der Waals surface area contributed by atoms with E-state index < -0.39 is 10.0 Å². The Morgan fingerprint density at radius 2 is 1.71 bits per heavy atom. The van der Waals surface area contributed by atoms with Gasteiger partial charge >= 0.3 is 0 Å². The summed E-state index contributed by atoms with van der Waals surface area (Å²) >= 11 is 1.82. The highest BCUT2D eigenvalue weighted by molar-refractivity contribution is 7.99. The van der Waals surface area contributed by atoms with Crippen molar-refractivity contribution in [2.24, 2.45) is 0 Å². The molecule has 0 atom stereocenters. The van der Waals surface area contributed by atoms with Crippen molar-refractivity contribution in [2.75, 3.05) is 49.9 Å². The number of para-hydroxylation sites is 1. The summed E-state index contributed by atoms with van der Waals surface area (Å²) in [7, 11) is -3.77. The molecule has 0 aromatic heterocycles. The zero-order chi connectivity index (χ0) is 21.8. The molecule has 2 heterocycles. The Kier molecular flexibility index (Phi) is 6.51. The van der Waals surface area contributed by atoms with E-state index in [-0.39, 0.29) is 29.5 Å². The van der Waals surface area contributed by atoms with Crippen LogP contribution in [0.4, 0.5) is 5.69 Å². The summed E-state index contributed by atoms with van der Waals surface area (Å²) in [4.78, 5) is 18.1. The standard InChI is InChI=1S/C22H24N4O3S2/c23-16-18-6-1-4-9-21(18)31(28,29)26-13-11-24(12-14-26)22(27)17-25-10-5-15-30-20-8-3-2-7-19(20)25/h1-4,6-9H,5,10-15,17H2. The molecule has 0 bridgehead atoms. The molecule has 4 rings (SSSR count). The summed E-state index contributed by atoms with van der Waals surface area (Å²) in [5, 5.41) is 9.25. The van der Waals surface area contributed by atoms with E-state index in [1.165, 1.54) is 21.3 Å². The van der Waals surface area contributed by atoms with Crippen molar-refractivity contribution in [2.45, 2.75) is 16.2 Å². The first-order valence-corrected chi connectivity index (χ1v) is 12.7. The van der Waals surface area contributed by atoms with Crippen molar-refractivity contribution in [1.82, 2.24) is 9.21 Å². The maximum atomic E-state index is 13.0. The smallest absolute Gasteiger partial charge is 0.244 e. The number of carbonyl (C=O) groups is 1. The Morgan fingerprint density at radius 3 is 2.48 bits per heavy atom. The second-order valence-corrected chi connectivity index (χ2v) is 10.5. The number of nitriles is 1. The van der Waals surface area contributed by atoms with E-state index in [0.717, 1.165) is 24.4 Å². The summed E-state index contributed by atoms with van der Waals surface area (Å²) in [6, 6.07) is 16.3. The number of thioether (sulfide) groups is 1. The van der Waals surface area contributed by atoms with Gasteiger partial charge < -0.3 is 9.80 Å². The van der Waals surface area contributed by atoms with Gasteiger partial charge in [-0.3, -0.25) is 4.79 Å². The number of rotatable bonds is 4. The van der Waals surface area contributed by atoms with Crippen molar-refractivity contribution < 1.29 is 13.2 Å². The first-order valence-electron chi connectivity index (χ1n) is 10.2. The molecule has 2 aromatic carbocycles. The van der Waals surface area contributed by atoms with Crippen LogP contribution >= 0.6 is 11.8 Å². The lowest BCUT2D eigenvalue weighted by Gasteiger charge is -2.35. The van der Waals surface area contributed by atoms with Crippen molar-refractivity contribution in [3.05, 3.63) is 54.1 Å². The highest BCUT2D eigenvalue weighted by Crippen LogP contribution is 2.33. The molecular weight excluding hydrogens is 432 g/mol. The average Bonchev–Trinajstić information content (AvgIpc) is 3.01. The minimum absolute atomic E-state index is 0.0103. The third-order valence-electron chi connectivity index (χ3n) is 5.58. The van der Waals surface area contributed by atoms with Crippen LogP contribution in [0.2, 0.25) is 0 Å². The van der Waals surface area contributed by atoms with Gasteiger partial charge in [-0.25, -0.2) is 8.42 Å². The molecule has 1 saturated heterocycles. The van der Waals surface area contributed by atoms with E-state index in [4.69, 9.17) is 0 Å². The van der Waals surface area contributed by atoms with Gasteiger partial charge in [0, 0.05) is 37.6 Å². The number of anilines is 1. The predicted octanol–water partition coefficient (Wildman–Crippen LogP) is 2.39. The predicted molar refractivity (Wildman–Crippen MR) is 120 cm³/mol.